The van der Waals surface area contributed by atoms with Gasteiger partial charge in [0.1, 0.15) is 23.1 Å². The molecule has 1 aromatic heterocycles. The number of rotatable bonds is 6. The van der Waals surface area contributed by atoms with Crippen LogP contribution in [0.5, 0.6) is 0 Å². The van der Waals surface area contributed by atoms with E-state index in [-0.39, 0.29) is 23.0 Å². The third kappa shape index (κ3) is 5.70. The van der Waals surface area contributed by atoms with Crippen LogP contribution in [0.15, 0.2) is 47.1 Å². The van der Waals surface area contributed by atoms with E-state index in [0.717, 1.165) is 6.07 Å². The van der Waals surface area contributed by atoms with Crippen molar-refractivity contribution in [3.05, 3.63) is 75.5 Å². The molecule has 0 bridgehead atoms. The van der Waals surface area contributed by atoms with Crippen LogP contribution in [-0.4, -0.2) is 50.0 Å². The van der Waals surface area contributed by atoms with Crippen molar-refractivity contribution in [2.45, 2.75) is 43.4 Å². The highest BCUT2D eigenvalue weighted by molar-refractivity contribution is 9.10. The number of aliphatic hydroxyl groups is 3. The minimum Gasteiger partial charge on any atom is -0.394 e. The molecule has 0 aliphatic heterocycles. The fourth-order valence-corrected chi connectivity index (χ4v) is 4.80. The van der Waals surface area contributed by atoms with E-state index in [1.807, 2.05) is 0 Å². The number of carbonyl (C=O) groups excluding carboxylic acids is 1. The van der Waals surface area contributed by atoms with Crippen molar-refractivity contribution in [2.24, 2.45) is 0 Å². The molecule has 1 fully saturated rings. The van der Waals surface area contributed by atoms with E-state index >= 15 is 4.39 Å². The number of aliphatic hydroxyl groups excluding tert-OH is 3. The number of anilines is 1. The Balaban J connectivity index is 1.56. The van der Waals surface area contributed by atoms with Gasteiger partial charge in [0.2, 0.25) is 0 Å². The fourth-order valence-electron chi connectivity index (χ4n) is 4.31. The molecule has 3 aromatic rings. The van der Waals surface area contributed by atoms with E-state index in [1.165, 1.54) is 30.5 Å². The van der Waals surface area contributed by atoms with Gasteiger partial charge in [-0.1, -0.05) is 22.0 Å². The molecule has 1 aliphatic carbocycles. The number of hydrogen-bond donors (Lipinski definition) is 5. The largest absolute Gasteiger partial charge is 0.394 e. The van der Waals surface area contributed by atoms with Gasteiger partial charge in [0.15, 0.2) is 0 Å². The number of nitrogens with one attached hydrogen (secondary N) is 1. The Morgan fingerprint density at radius 3 is 2.61 bits per heavy atom. The summed E-state index contributed by atoms with van der Waals surface area (Å²) in [7, 11) is 0. The predicted octanol–water partition coefficient (Wildman–Crippen LogP) is 3.22. The topological polar surface area (TPSA) is 142 Å². The Labute approximate surface area is 214 Å². The van der Waals surface area contributed by atoms with Crippen LogP contribution in [-0.2, 0) is 0 Å². The van der Waals surface area contributed by atoms with Crippen LogP contribution in [0.2, 0.25) is 0 Å². The van der Waals surface area contributed by atoms with Gasteiger partial charge in [-0.2, -0.15) is 0 Å². The lowest BCUT2D eigenvalue weighted by atomic mass is 9.83. The van der Waals surface area contributed by atoms with Gasteiger partial charge >= 0.3 is 0 Å². The lowest BCUT2D eigenvalue weighted by Crippen LogP contribution is -2.33. The minimum absolute atomic E-state index is 0.0729. The molecule has 11 heteroatoms. The molecule has 1 saturated carbocycles. The quantitative estimate of drug-likeness (QED) is 0.310. The summed E-state index contributed by atoms with van der Waals surface area (Å²) < 4.78 is 29.2. The molecule has 1 amide bonds. The van der Waals surface area contributed by atoms with Gasteiger partial charge in [-0.3, -0.25) is 4.79 Å². The van der Waals surface area contributed by atoms with E-state index in [2.05, 4.69) is 31.2 Å². The first-order chi connectivity index (χ1) is 17.2. The van der Waals surface area contributed by atoms with Crippen LogP contribution in [0.3, 0.4) is 0 Å². The van der Waals surface area contributed by atoms with Crippen LogP contribution < -0.4 is 11.1 Å². The summed E-state index contributed by atoms with van der Waals surface area (Å²) in [6.07, 6.45) is 1.22. The second kappa shape index (κ2) is 11.0. The molecule has 4 atom stereocenters. The predicted molar refractivity (Wildman–Crippen MR) is 132 cm³/mol. The zero-order valence-electron chi connectivity index (χ0n) is 19.0. The molecule has 1 aliphatic rings. The van der Waals surface area contributed by atoms with Crippen molar-refractivity contribution in [1.82, 2.24) is 15.3 Å². The molecule has 1 heterocycles. The summed E-state index contributed by atoms with van der Waals surface area (Å²) >= 11 is 3.17. The molecule has 190 valence electrons. The normalized spacial score (nSPS) is 20.7. The Kier molecular flexibility index (Phi) is 7.94. The van der Waals surface area contributed by atoms with Gasteiger partial charge < -0.3 is 26.4 Å². The lowest BCUT2D eigenvalue weighted by Gasteiger charge is -2.29. The fraction of sp³-hybridized carbons (Fsp3) is 0.320. The van der Waals surface area contributed by atoms with Gasteiger partial charge in [-0.05, 0) is 55.2 Å². The van der Waals surface area contributed by atoms with Crippen molar-refractivity contribution in [1.29, 1.82) is 0 Å². The number of nitrogens with two attached hydrogens (primary N) is 1. The Hall–Kier alpha value is -2.99. The lowest BCUT2D eigenvalue weighted by molar-refractivity contribution is -0.0153. The SMILES string of the molecule is Nc1ncc([C@H]2CC[C@@H](O)[C@@H](O)C2)nc1-c1ccc(C(=O)N[C@H](CO)c2cc(F)cc(Br)c2)c(F)c1. The standard InChI is InChI=1S/C25H25BrF2N4O4/c26-15-5-14(6-16(27)9-15)20(11-33)32-25(36)17-3-1-13(7-18(17)28)23-24(29)30-10-19(31-23)12-2-4-21(34)22(35)8-12/h1,3,5-7,9-10,12,20-22,33-35H,2,4,8,11H2,(H2,29,30)(H,32,36)/t12-,20+,21+,22-/m0/s1. The molecule has 0 saturated heterocycles. The van der Waals surface area contributed by atoms with Crippen LogP contribution in [0.25, 0.3) is 11.3 Å². The highest BCUT2D eigenvalue weighted by Gasteiger charge is 2.30. The van der Waals surface area contributed by atoms with Crippen molar-refractivity contribution >= 4 is 27.7 Å². The first-order valence-electron chi connectivity index (χ1n) is 11.3. The Morgan fingerprint density at radius 2 is 1.94 bits per heavy atom. The maximum atomic E-state index is 15.0. The number of nitrogens with zero attached hydrogens (tertiary/aromatic N) is 2. The summed E-state index contributed by atoms with van der Waals surface area (Å²) in [6, 6.07) is 6.87. The number of nitrogen functional groups attached to an aromatic ring is 1. The average Bonchev–Trinajstić information content (AvgIpc) is 2.83. The summed E-state index contributed by atoms with van der Waals surface area (Å²) in [5.41, 5.74) is 7.14. The van der Waals surface area contributed by atoms with Crippen molar-refractivity contribution in [2.75, 3.05) is 12.3 Å². The van der Waals surface area contributed by atoms with Crippen LogP contribution >= 0.6 is 15.9 Å². The first-order valence-corrected chi connectivity index (χ1v) is 12.1. The van der Waals surface area contributed by atoms with E-state index in [1.54, 1.807) is 6.07 Å². The number of carbonyl (C=O) groups is 1. The summed E-state index contributed by atoms with van der Waals surface area (Å²) in [5, 5.41) is 32.0. The third-order valence-corrected chi connectivity index (χ3v) is 6.74. The van der Waals surface area contributed by atoms with Crippen LogP contribution in [0.4, 0.5) is 14.6 Å². The number of amides is 1. The molecular weight excluding hydrogens is 538 g/mol. The monoisotopic (exact) mass is 562 g/mol. The van der Waals surface area contributed by atoms with Crippen molar-refractivity contribution in [3.8, 4) is 11.3 Å². The van der Waals surface area contributed by atoms with Crippen molar-refractivity contribution in [3.63, 3.8) is 0 Å². The molecule has 8 nitrogen and oxygen atoms in total. The average molecular weight is 563 g/mol. The number of hydrogen-bond acceptors (Lipinski definition) is 7. The summed E-state index contributed by atoms with van der Waals surface area (Å²) in [4.78, 5) is 21.5. The second-order valence-corrected chi connectivity index (χ2v) is 9.70. The maximum absolute atomic E-state index is 15.0. The third-order valence-electron chi connectivity index (χ3n) is 6.28. The number of aromatic nitrogens is 2. The molecule has 36 heavy (non-hydrogen) atoms. The van der Waals surface area contributed by atoms with Crippen molar-refractivity contribution < 1.29 is 28.9 Å². The first kappa shape index (κ1) is 26.1. The highest BCUT2D eigenvalue weighted by Crippen LogP contribution is 2.34. The van der Waals surface area contributed by atoms with Gasteiger partial charge in [0, 0.05) is 16.0 Å². The van der Waals surface area contributed by atoms with E-state index in [0.29, 0.717) is 40.6 Å². The molecule has 4 rings (SSSR count). The highest BCUT2D eigenvalue weighted by atomic mass is 79.9. The van der Waals surface area contributed by atoms with E-state index in [9.17, 15) is 24.5 Å². The van der Waals surface area contributed by atoms with Gasteiger partial charge in [-0.25, -0.2) is 18.7 Å². The van der Waals surface area contributed by atoms with Gasteiger partial charge in [0.25, 0.3) is 5.91 Å². The maximum Gasteiger partial charge on any atom is 0.254 e. The number of benzene rings is 2. The Morgan fingerprint density at radius 1 is 1.17 bits per heavy atom. The Bertz CT molecular complexity index is 1260. The zero-order chi connectivity index (χ0) is 26.0. The second-order valence-electron chi connectivity index (χ2n) is 8.78. The van der Waals surface area contributed by atoms with Gasteiger partial charge in [-0.15, -0.1) is 0 Å². The molecule has 0 unspecified atom stereocenters. The van der Waals surface area contributed by atoms with E-state index < -0.39 is 42.4 Å². The van der Waals surface area contributed by atoms with Crippen LogP contribution in [0.1, 0.15) is 52.8 Å². The molecule has 6 N–H and O–H groups in total. The summed E-state index contributed by atoms with van der Waals surface area (Å²) in [6.45, 7) is -0.521. The van der Waals surface area contributed by atoms with Gasteiger partial charge in [0.05, 0.1) is 42.3 Å². The zero-order valence-corrected chi connectivity index (χ0v) is 20.6. The molecule has 0 radical (unpaired) electrons. The molecule has 0 spiro atoms. The number of halogens is 3. The van der Waals surface area contributed by atoms with Crippen LogP contribution in [0, 0.1) is 11.6 Å². The van der Waals surface area contributed by atoms with E-state index in [4.69, 9.17) is 5.73 Å². The molecule has 2 aromatic carbocycles. The molecular formula is C25H25BrF2N4O4. The summed E-state index contributed by atoms with van der Waals surface area (Å²) in [5.74, 6) is -2.25. The minimum atomic E-state index is -0.953. The smallest absolute Gasteiger partial charge is 0.254 e.